The molecule has 21 heavy (non-hydrogen) atoms. The number of hydrogen-bond donors (Lipinski definition) is 1. The maximum Gasteiger partial charge on any atom is 0.303 e. The van der Waals surface area contributed by atoms with E-state index in [0.717, 1.165) is 11.1 Å². The molecular weight excluding hydrogens is 268 g/mol. The normalized spacial score (nSPS) is 10.1. The average molecular weight is 286 g/mol. The molecule has 0 unspecified atom stereocenters. The van der Waals surface area contributed by atoms with Crippen LogP contribution in [0.4, 0.5) is 0 Å². The van der Waals surface area contributed by atoms with Gasteiger partial charge >= 0.3 is 5.97 Å². The Bertz CT molecular complexity index is 593. The Hall–Kier alpha value is -2.49. The molecule has 0 aliphatic carbocycles. The summed E-state index contributed by atoms with van der Waals surface area (Å²) in [5, 5.41) is 8.74. The lowest BCUT2D eigenvalue weighted by Crippen LogP contribution is -2.00. The highest BCUT2D eigenvalue weighted by atomic mass is 16.5. The minimum atomic E-state index is -0.808. The van der Waals surface area contributed by atoms with Crippen molar-refractivity contribution in [2.75, 3.05) is 7.11 Å². The molecule has 4 nitrogen and oxygen atoms in total. The number of carboxylic acids is 1. The van der Waals surface area contributed by atoms with Gasteiger partial charge in [-0.05, 0) is 29.7 Å². The molecule has 0 bridgehead atoms. The van der Waals surface area contributed by atoms with E-state index in [0.29, 0.717) is 24.5 Å². The van der Waals surface area contributed by atoms with Crippen molar-refractivity contribution in [2.24, 2.45) is 0 Å². The minimum Gasteiger partial charge on any atom is -0.493 e. The third kappa shape index (κ3) is 4.53. The summed E-state index contributed by atoms with van der Waals surface area (Å²) in [7, 11) is 1.58. The predicted molar refractivity (Wildman–Crippen MR) is 79.7 cm³/mol. The molecule has 0 aliphatic heterocycles. The van der Waals surface area contributed by atoms with Crippen LogP contribution in [-0.2, 0) is 17.8 Å². The van der Waals surface area contributed by atoms with Gasteiger partial charge in [-0.3, -0.25) is 4.79 Å². The highest BCUT2D eigenvalue weighted by Gasteiger charge is 2.07. The summed E-state index contributed by atoms with van der Waals surface area (Å²) in [6, 6.07) is 15.3. The van der Waals surface area contributed by atoms with Crippen LogP contribution in [0.3, 0.4) is 0 Å². The van der Waals surface area contributed by atoms with E-state index < -0.39 is 5.97 Å². The molecule has 0 saturated heterocycles. The number of benzene rings is 2. The number of aryl methyl sites for hydroxylation is 1. The highest BCUT2D eigenvalue weighted by molar-refractivity contribution is 5.67. The van der Waals surface area contributed by atoms with Crippen LogP contribution < -0.4 is 9.47 Å². The SMILES string of the molecule is COc1ccc(CCC(=O)O)cc1OCc1ccccc1. The van der Waals surface area contributed by atoms with Crippen LogP contribution in [0, 0.1) is 0 Å². The molecule has 0 atom stereocenters. The van der Waals surface area contributed by atoms with E-state index in [1.54, 1.807) is 13.2 Å². The molecule has 110 valence electrons. The molecule has 0 radical (unpaired) electrons. The fourth-order valence-electron chi connectivity index (χ4n) is 1.98. The van der Waals surface area contributed by atoms with Gasteiger partial charge in [0.25, 0.3) is 0 Å². The summed E-state index contributed by atoms with van der Waals surface area (Å²) in [5.74, 6) is 0.465. The first-order chi connectivity index (χ1) is 10.2. The van der Waals surface area contributed by atoms with Crippen molar-refractivity contribution in [1.29, 1.82) is 0 Å². The summed E-state index contributed by atoms with van der Waals surface area (Å²) in [5.41, 5.74) is 1.98. The number of aliphatic carboxylic acids is 1. The summed E-state index contributed by atoms with van der Waals surface area (Å²) in [4.78, 5) is 10.6. The van der Waals surface area contributed by atoms with E-state index in [4.69, 9.17) is 14.6 Å². The Kier molecular flexibility index (Phi) is 5.21. The van der Waals surface area contributed by atoms with E-state index in [1.807, 2.05) is 42.5 Å². The van der Waals surface area contributed by atoms with E-state index in [-0.39, 0.29) is 6.42 Å². The first-order valence-corrected chi connectivity index (χ1v) is 6.74. The third-order valence-electron chi connectivity index (χ3n) is 3.09. The lowest BCUT2D eigenvalue weighted by Gasteiger charge is -2.12. The molecule has 2 rings (SSSR count). The molecule has 4 heteroatoms. The summed E-state index contributed by atoms with van der Waals surface area (Å²) < 4.78 is 11.1. The van der Waals surface area contributed by atoms with Gasteiger partial charge in [0.15, 0.2) is 11.5 Å². The third-order valence-corrected chi connectivity index (χ3v) is 3.09. The van der Waals surface area contributed by atoms with Gasteiger partial charge in [-0.2, -0.15) is 0 Å². The molecule has 0 saturated carbocycles. The standard InChI is InChI=1S/C17H18O4/c1-20-15-9-7-13(8-10-17(18)19)11-16(15)21-12-14-5-3-2-4-6-14/h2-7,9,11H,8,10,12H2,1H3,(H,18,19). The van der Waals surface area contributed by atoms with Crippen molar-refractivity contribution in [2.45, 2.75) is 19.4 Å². The molecule has 0 heterocycles. The number of carbonyl (C=O) groups is 1. The van der Waals surface area contributed by atoms with Crippen molar-refractivity contribution >= 4 is 5.97 Å². The fraction of sp³-hybridized carbons (Fsp3) is 0.235. The van der Waals surface area contributed by atoms with Crippen LogP contribution in [0.5, 0.6) is 11.5 Å². The van der Waals surface area contributed by atoms with Gasteiger partial charge in [0, 0.05) is 6.42 Å². The Balaban J connectivity index is 2.08. The molecule has 0 amide bonds. The van der Waals surface area contributed by atoms with Gasteiger partial charge in [0.2, 0.25) is 0 Å². The Morgan fingerprint density at radius 3 is 2.48 bits per heavy atom. The zero-order valence-corrected chi connectivity index (χ0v) is 11.9. The van der Waals surface area contributed by atoms with Crippen LogP contribution in [0.2, 0.25) is 0 Å². The summed E-state index contributed by atoms with van der Waals surface area (Å²) in [6.07, 6.45) is 0.575. The van der Waals surface area contributed by atoms with E-state index >= 15 is 0 Å². The Morgan fingerprint density at radius 1 is 1.05 bits per heavy atom. The van der Waals surface area contributed by atoms with E-state index in [1.165, 1.54) is 0 Å². The van der Waals surface area contributed by atoms with Crippen LogP contribution in [0.15, 0.2) is 48.5 Å². The van der Waals surface area contributed by atoms with E-state index in [2.05, 4.69) is 0 Å². The monoisotopic (exact) mass is 286 g/mol. The first kappa shape index (κ1) is 14.9. The molecule has 2 aromatic carbocycles. The Morgan fingerprint density at radius 2 is 1.81 bits per heavy atom. The van der Waals surface area contributed by atoms with Crippen LogP contribution in [-0.4, -0.2) is 18.2 Å². The quantitative estimate of drug-likeness (QED) is 0.848. The van der Waals surface area contributed by atoms with Gasteiger partial charge in [0.05, 0.1) is 7.11 Å². The molecule has 2 aromatic rings. The topological polar surface area (TPSA) is 55.8 Å². The number of rotatable bonds is 7. The molecule has 1 N–H and O–H groups in total. The molecular formula is C17H18O4. The van der Waals surface area contributed by atoms with E-state index in [9.17, 15) is 4.79 Å². The maximum atomic E-state index is 10.6. The molecule has 0 fully saturated rings. The number of ether oxygens (including phenoxy) is 2. The van der Waals surface area contributed by atoms with Crippen molar-refractivity contribution < 1.29 is 19.4 Å². The number of hydrogen-bond acceptors (Lipinski definition) is 3. The van der Waals surface area contributed by atoms with Crippen LogP contribution >= 0.6 is 0 Å². The Labute approximate surface area is 123 Å². The zero-order valence-electron chi connectivity index (χ0n) is 11.9. The molecule has 0 aromatic heterocycles. The zero-order chi connectivity index (χ0) is 15.1. The second-order valence-corrected chi connectivity index (χ2v) is 4.65. The predicted octanol–water partition coefficient (Wildman–Crippen LogP) is 3.29. The largest absolute Gasteiger partial charge is 0.493 e. The lowest BCUT2D eigenvalue weighted by atomic mass is 10.1. The number of carboxylic acid groups (broad SMARTS) is 1. The smallest absolute Gasteiger partial charge is 0.303 e. The van der Waals surface area contributed by atoms with Gasteiger partial charge in [0.1, 0.15) is 6.61 Å². The number of methoxy groups -OCH3 is 1. The summed E-state index contributed by atoms with van der Waals surface area (Å²) in [6.45, 7) is 0.444. The van der Waals surface area contributed by atoms with Gasteiger partial charge in [-0.1, -0.05) is 36.4 Å². The fourth-order valence-corrected chi connectivity index (χ4v) is 1.98. The second kappa shape index (κ2) is 7.33. The second-order valence-electron chi connectivity index (χ2n) is 4.65. The van der Waals surface area contributed by atoms with Crippen molar-refractivity contribution in [1.82, 2.24) is 0 Å². The van der Waals surface area contributed by atoms with Crippen LogP contribution in [0.1, 0.15) is 17.5 Å². The lowest BCUT2D eigenvalue weighted by molar-refractivity contribution is -0.136. The van der Waals surface area contributed by atoms with Gasteiger partial charge in [-0.25, -0.2) is 0 Å². The van der Waals surface area contributed by atoms with Crippen LogP contribution in [0.25, 0.3) is 0 Å². The van der Waals surface area contributed by atoms with Gasteiger partial charge in [-0.15, -0.1) is 0 Å². The highest BCUT2D eigenvalue weighted by Crippen LogP contribution is 2.29. The van der Waals surface area contributed by atoms with Crippen molar-refractivity contribution in [3.63, 3.8) is 0 Å². The average Bonchev–Trinajstić information content (AvgIpc) is 2.52. The first-order valence-electron chi connectivity index (χ1n) is 6.74. The molecule has 0 aliphatic rings. The summed E-state index contributed by atoms with van der Waals surface area (Å²) >= 11 is 0. The van der Waals surface area contributed by atoms with Crippen molar-refractivity contribution in [3.8, 4) is 11.5 Å². The molecule has 0 spiro atoms. The maximum absolute atomic E-state index is 10.6. The van der Waals surface area contributed by atoms with Crippen molar-refractivity contribution in [3.05, 3.63) is 59.7 Å². The minimum absolute atomic E-state index is 0.102. The van der Waals surface area contributed by atoms with Gasteiger partial charge < -0.3 is 14.6 Å².